The lowest BCUT2D eigenvalue weighted by Crippen LogP contribution is -2.17. The zero-order chi connectivity index (χ0) is 18.0. The predicted molar refractivity (Wildman–Crippen MR) is 104 cm³/mol. The first kappa shape index (κ1) is 17.5. The molecule has 25 heavy (non-hydrogen) atoms. The van der Waals surface area contributed by atoms with Crippen molar-refractivity contribution >= 4 is 26.6 Å². The average Bonchev–Trinajstić information content (AvgIpc) is 2.94. The molecule has 3 rings (SSSR count). The number of hydrogen-bond donors (Lipinski definition) is 1. The summed E-state index contributed by atoms with van der Waals surface area (Å²) in [5.41, 5.74) is 3.95. The first-order valence-electron chi connectivity index (χ1n) is 8.14. The molecule has 0 saturated carbocycles. The minimum atomic E-state index is -3.25. The van der Waals surface area contributed by atoms with E-state index >= 15 is 0 Å². The third-order valence-electron chi connectivity index (χ3n) is 4.08. The van der Waals surface area contributed by atoms with Crippen molar-refractivity contribution in [1.82, 2.24) is 9.47 Å². The summed E-state index contributed by atoms with van der Waals surface area (Å²) in [5, 5.41) is 1.22. The maximum atomic E-state index is 11.3. The fraction of sp³-hybridized carbons (Fsp3) is 0.263. The molecule has 0 amide bonds. The number of aromatic nitrogens is 1. The predicted octanol–water partition coefficient (Wildman–Crippen LogP) is 3.24. The molecule has 0 bridgehead atoms. The van der Waals surface area contributed by atoms with Crippen LogP contribution >= 0.6 is 0 Å². The standard InChI is InChI=1S/C19H23N3O2S/c1-21(2)12-13-22-11-10-16-4-5-17(14-19(16)22)15-6-8-18(9-7-15)20-25(3,23)24/h4-11,14,20H,12-13H2,1-3H3. The van der Waals surface area contributed by atoms with Gasteiger partial charge in [0.1, 0.15) is 0 Å². The highest BCUT2D eigenvalue weighted by atomic mass is 32.2. The van der Waals surface area contributed by atoms with Crippen LogP contribution in [-0.4, -0.2) is 44.8 Å². The van der Waals surface area contributed by atoms with Crippen LogP contribution in [0, 0.1) is 0 Å². The van der Waals surface area contributed by atoms with Crippen molar-refractivity contribution in [2.45, 2.75) is 6.54 Å². The molecule has 5 nitrogen and oxygen atoms in total. The molecule has 0 aliphatic carbocycles. The van der Waals surface area contributed by atoms with E-state index in [9.17, 15) is 8.42 Å². The SMILES string of the molecule is CN(C)CCn1ccc2ccc(-c3ccc(NS(C)(=O)=O)cc3)cc21. The number of hydrogen-bond acceptors (Lipinski definition) is 3. The molecule has 0 unspecified atom stereocenters. The lowest BCUT2D eigenvalue weighted by atomic mass is 10.0. The highest BCUT2D eigenvalue weighted by Crippen LogP contribution is 2.26. The summed E-state index contributed by atoms with van der Waals surface area (Å²) in [6.45, 7) is 1.93. The van der Waals surface area contributed by atoms with Crippen molar-refractivity contribution in [3.8, 4) is 11.1 Å². The van der Waals surface area contributed by atoms with Crippen LogP contribution in [0.4, 0.5) is 5.69 Å². The number of likely N-dealkylation sites (N-methyl/N-ethyl adjacent to an activating group) is 1. The van der Waals surface area contributed by atoms with Crippen LogP contribution in [-0.2, 0) is 16.6 Å². The number of fused-ring (bicyclic) bond motifs is 1. The van der Waals surface area contributed by atoms with Crippen molar-refractivity contribution < 1.29 is 8.42 Å². The summed E-state index contributed by atoms with van der Waals surface area (Å²) in [7, 11) is 0.893. The smallest absolute Gasteiger partial charge is 0.229 e. The van der Waals surface area contributed by atoms with Gasteiger partial charge in [0.15, 0.2) is 0 Å². The van der Waals surface area contributed by atoms with Gasteiger partial charge in [0.25, 0.3) is 0 Å². The second-order valence-corrected chi connectivity index (χ2v) is 8.29. The Morgan fingerprint density at radius 1 is 1.00 bits per heavy atom. The second-order valence-electron chi connectivity index (χ2n) is 6.54. The molecule has 0 aliphatic heterocycles. The van der Waals surface area contributed by atoms with Crippen LogP contribution < -0.4 is 4.72 Å². The van der Waals surface area contributed by atoms with Crippen LogP contribution in [0.3, 0.4) is 0 Å². The molecule has 1 N–H and O–H groups in total. The molecule has 0 saturated heterocycles. The zero-order valence-corrected chi connectivity index (χ0v) is 15.5. The molecule has 0 atom stereocenters. The van der Waals surface area contributed by atoms with Crippen molar-refractivity contribution in [3.05, 3.63) is 54.7 Å². The van der Waals surface area contributed by atoms with E-state index in [1.54, 1.807) is 12.1 Å². The number of rotatable bonds is 6. The van der Waals surface area contributed by atoms with Gasteiger partial charge in [-0.15, -0.1) is 0 Å². The molecule has 1 aromatic heterocycles. The van der Waals surface area contributed by atoms with Gasteiger partial charge in [-0.05, 0) is 54.9 Å². The first-order valence-corrected chi connectivity index (χ1v) is 10.0. The molecular formula is C19H23N3O2S. The van der Waals surface area contributed by atoms with E-state index < -0.39 is 10.0 Å². The summed E-state index contributed by atoms with van der Waals surface area (Å²) in [5.74, 6) is 0. The Morgan fingerprint density at radius 2 is 1.68 bits per heavy atom. The summed E-state index contributed by atoms with van der Waals surface area (Å²) in [4.78, 5) is 2.17. The monoisotopic (exact) mass is 357 g/mol. The molecule has 3 aromatic rings. The molecule has 132 valence electrons. The lowest BCUT2D eigenvalue weighted by molar-refractivity contribution is 0.387. The number of anilines is 1. The van der Waals surface area contributed by atoms with E-state index in [4.69, 9.17) is 0 Å². The normalized spacial score (nSPS) is 12.0. The summed E-state index contributed by atoms with van der Waals surface area (Å²) >= 11 is 0. The Balaban J connectivity index is 1.89. The van der Waals surface area contributed by atoms with Gasteiger partial charge in [-0.2, -0.15) is 0 Å². The van der Waals surface area contributed by atoms with E-state index in [0.29, 0.717) is 5.69 Å². The van der Waals surface area contributed by atoms with Crippen LogP contribution in [0.5, 0.6) is 0 Å². The molecule has 0 radical (unpaired) electrons. The fourth-order valence-electron chi connectivity index (χ4n) is 2.81. The Hall–Kier alpha value is -2.31. The van der Waals surface area contributed by atoms with Crippen LogP contribution in [0.25, 0.3) is 22.0 Å². The largest absolute Gasteiger partial charge is 0.346 e. The molecule has 1 heterocycles. The Labute approximate surface area is 148 Å². The molecule has 0 spiro atoms. The van der Waals surface area contributed by atoms with Gasteiger partial charge >= 0.3 is 0 Å². The minimum Gasteiger partial charge on any atom is -0.346 e. The summed E-state index contributed by atoms with van der Waals surface area (Å²) < 4.78 is 27.4. The third kappa shape index (κ3) is 4.41. The quantitative estimate of drug-likeness (QED) is 0.737. The van der Waals surface area contributed by atoms with Crippen molar-refractivity contribution in [1.29, 1.82) is 0 Å². The van der Waals surface area contributed by atoms with Gasteiger partial charge in [-0.25, -0.2) is 8.42 Å². The number of nitrogens with one attached hydrogen (secondary N) is 1. The van der Waals surface area contributed by atoms with E-state index in [-0.39, 0.29) is 0 Å². The highest BCUT2D eigenvalue weighted by Gasteiger charge is 2.06. The topological polar surface area (TPSA) is 54.3 Å². The second kappa shape index (κ2) is 6.90. The summed E-state index contributed by atoms with van der Waals surface area (Å²) in [6.07, 6.45) is 3.27. The van der Waals surface area contributed by atoms with Crippen LogP contribution in [0.2, 0.25) is 0 Å². The van der Waals surface area contributed by atoms with Gasteiger partial charge < -0.3 is 9.47 Å². The third-order valence-corrected chi connectivity index (χ3v) is 4.69. The van der Waals surface area contributed by atoms with Crippen molar-refractivity contribution in [2.75, 3.05) is 31.6 Å². The molecular weight excluding hydrogens is 334 g/mol. The Bertz CT molecular complexity index is 974. The molecule has 0 fully saturated rings. The van der Waals surface area contributed by atoms with E-state index in [1.165, 1.54) is 10.9 Å². The summed E-state index contributed by atoms with van der Waals surface area (Å²) in [6, 6.07) is 16.0. The van der Waals surface area contributed by atoms with Gasteiger partial charge in [0.2, 0.25) is 10.0 Å². The van der Waals surface area contributed by atoms with E-state index in [0.717, 1.165) is 30.5 Å². The van der Waals surface area contributed by atoms with Gasteiger partial charge in [0.05, 0.1) is 6.26 Å². The Kier molecular flexibility index (Phi) is 4.83. The average molecular weight is 357 g/mol. The van der Waals surface area contributed by atoms with Crippen molar-refractivity contribution in [2.24, 2.45) is 0 Å². The fourth-order valence-corrected chi connectivity index (χ4v) is 3.38. The molecule has 6 heteroatoms. The number of nitrogens with zero attached hydrogens (tertiary/aromatic N) is 2. The zero-order valence-electron chi connectivity index (χ0n) is 14.7. The van der Waals surface area contributed by atoms with Crippen LogP contribution in [0.1, 0.15) is 0 Å². The number of benzene rings is 2. The molecule has 0 aliphatic rings. The maximum absolute atomic E-state index is 11.3. The van der Waals surface area contributed by atoms with E-state index in [1.807, 2.05) is 12.1 Å². The molecule has 2 aromatic carbocycles. The van der Waals surface area contributed by atoms with Gasteiger partial charge in [-0.3, -0.25) is 4.72 Å². The van der Waals surface area contributed by atoms with Gasteiger partial charge in [-0.1, -0.05) is 24.3 Å². The highest BCUT2D eigenvalue weighted by molar-refractivity contribution is 7.92. The Morgan fingerprint density at radius 3 is 2.32 bits per heavy atom. The maximum Gasteiger partial charge on any atom is 0.229 e. The number of sulfonamides is 1. The van der Waals surface area contributed by atoms with Crippen molar-refractivity contribution in [3.63, 3.8) is 0 Å². The van der Waals surface area contributed by atoms with Gasteiger partial charge in [0, 0.05) is 30.5 Å². The van der Waals surface area contributed by atoms with Crippen LogP contribution in [0.15, 0.2) is 54.7 Å². The van der Waals surface area contributed by atoms with E-state index in [2.05, 4.69) is 58.7 Å². The minimum absolute atomic E-state index is 0.571. The first-order chi connectivity index (χ1) is 11.8. The lowest BCUT2D eigenvalue weighted by Gasteiger charge is -2.12.